The number of thioether (sulfide) groups is 1. The average Bonchev–Trinajstić information content (AvgIpc) is 2.58. The molecule has 0 saturated heterocycles. The lowest BCUT2D eigenvalue weighted by molar-refractivity contribution is -0.690. The first-order valence-electron chi connectivity index (χ1n) is 4.25. The van der Waals surface area contributed by atoms with Crippen LogP contribution in [0.5, 0.6) is 0 Å². The fraction of sp³-hybridized carbons (Fsp3) is 0.182. The number of hydrogen-bond donors (Lipinski definition) is 0. The minimum Gasteiger partial charge on any atom is -1.00 e. The van der Waals surface area contributed by atoms with Gasteiger partial charge in [0.1, 0.15) is 4.70 Å². The maximum atomic E-state index is 5.36. The van der Waals surface area contributed by atoms with Crippen LogP contribution in [0.3, 0.4) is 0 Å². The predicted molar refractivity (Wildman–Crippen MR) is 62.6 cm³/mol. The van der Waals surface area contributed by atoms with Crippen LogP contribution in [0.15, 0.2) is 28.6 Å². The van der Waals surface area contributed by atoms with Crippen molar-refractivity contribution in [1.29, 1.82) is 0 Å². The van der Waals surface area contributed by atoms with Gasteiger partial charge in [0, 0.05) is 6.07 Å². The molecule has 2 aromatic rings. The average molecular weight is 300 g/mol. The Morgan fingerprint density at radius 3 is 2.87 bits per heavy atom. The standard InChI is InChI=1S/C11H10NS2.BrH/c1-3-8-12-9-6-4-5-7-10(9)14-11(12)13-2;/h1,4-7H,8H2,2H3;1H/q+1;/p-1. The Bertz CT molecular complexity index is 499. The Hall–Kier alpha value is -0.500. The number of nitrogens with zero attached hydrogens (tertiary/aromatic N) is 1. The molecule has 0 aliphatic heterocycles. The topological polar surface area (TPSA) is 3.88 Å². The van der Waals surface area contributed by atoms with Crippen LogP contribution in [0.1, 0.15) is 0 Å². The second-order valence-electron chi connectivity index (χ2n) is 2.83. The second kappa shape index (κ2) is 5.55. The van der Waals surface area contributed by atoms with Crippen LogP contribution in [0.4, 0.5) is 0 Å². The lowest BCUT2D eigenvalue weighted by atomic mass is 10.3. The molecule has 78 valence electrons. The van der Waals surface area contributed by atoms with Crippen molar-refractivity contribution in [2.45, 2.75) is 10.9 Å². The molecule has 1 aromatic carbocycles. The van der Waals surface area contributed by atoms with Crippen LogP contribution < -0.4 is 21.5 Å². The van der Waals surface area contributed by atoms with Gasteiger partial charge in [0.25, 0.3) is 4.34 Å². The van der Waals surface area contributed by atoms with Crippen LogP contribution in [-0.4, -0.2) is 6.26 Å². The molecule has 15 heavy (non-hydrogen) atoms. The number of rotatable bonds is 2. The monoisotopic (exact) mass is 299 g/mol. The van der Waals surface area contributed by atoms with E-state index in [9.17, 15) is 0 Å². The highest BCUT2D eigenvalue weighted by atomic mass is 79.9. The first-order valence-corrected chi connectivity index (χ1v) is 6.29. The highest BCUT2D eigenvalue weighted by Crippen LogP contribution is 2.25. The second-order valence-corrected chi connectivity index (χ2v) is 4.91. The maximum absolute atomic E-state index is 5.36. The molecule has 1 nitrogen and oxygen atoms in total. The SMILES string of the molecule is C#CC[n+]1c(SC)sc2ccccc21.[Br-]. The molecule has 0 saturated carbocycles. The van der Waals surface area contributed by atoms with E-state index >= 15 is 0 Å². The Balaban J connectivity index is 0.00000112. The number of terminal acetylenes is 1. The summed E-state index contributed by atoms with van der Waals surface area (Å²) in [5.74, 6) is 2.69. The third-order valence-corrected chi connectivity index (χ3v) is 4.28. The molecule has 0 atom stereocenters. The third kappa shape index (κ3) is 2.36. The number of thiazole rings is 1. The van der Waals surface area contributed by atoms with Crippen molar-refractivity contribution in [2.24, 2.45) is 0 Å². The number of para-hydroxylation sites is 1. The van der Waals surface area contributed by atoms with Gasteiger partial charge in [-0.15, -0.1) is 6.42 Å². The van der Waals surface area contributed by atoms with Crippen molar-refractivity contribution >= 4 is 33.3 Å². The van der Waals surface area contributed by atoms with Gasteiger partial charge in [0.15, 0.2) is 0 Å². The Labute approximate surface area is 108 Å². The molecule has 0 amide bonds. The number of hydrogen-bond acceptors (Lipinski definition) is 2. The molecular weight excluding hydrogens is 290 g/mol. The zero-order valence-electron chi connectivity index (χ0n) is 8.24. The first-order chi connectivity index (χ1) is 6.86. The van der Waals surface area contributed by atoms with E-state index in [0.717, 1.165) is 0 Å². The quantitative estimate of drug-likeness (QED) is 0.413. The molecule has 0 aliphatic rings. The molecule has 0 fully saturated rings. The molecule has 0 radical (unpaired) electrons. The summed E-state index contributed by atoms with van der Waals surface area (Å²) in [5, 5.41) is 0. The van der Waals surface area contributed by atoms with Gasteiger partial charge in [-0.1, -0.05) is 23.5 Å². The van der Waals surface area contributed by atoms with Gasteiger partial charge in [-0.25, -0.2) is 0 Å². The molecule has 1 aromatic heterocycles. The zero-order valence-corrected chi connectivity index (χ0v) is 11.5. The number of aromatic nitrogens is 1. The van der Waals surface area contributed by atoms with E-state index in [0.29, 0.717) is 6.54 Å². The summed E-state index contributed by atoms with van der Waals surface area (Å²) in [6.07, 6.45) is 7.44. The van der Waals surface area contributed by atoms with Crippen molar-refractivity contribution in [3.8, 4) is 12.3 Å². The minimum atomic E-state index is 0. The van der Waals surface area contributed by atoms with Crippen LogP contribution >= 0.6 is 23.1 Å². The molecule has 2 rings (SSSR count). The fourth-order valence-corrected chi connectivity index (χ4v) is 3.28. The molecule has 1 heterocycles. The molecule has 0 aliphatic carbocycles. The van der Waals surface area contributed by atoms with E-state index in [2.05, 4.69) is 34.9 Å². The molecule has 4 heteroatoms. The van der Waals surface area contributed by atoms with Crippen LogP contribution in [-0.2, 0) is 6.54 Å². The van der Waals surface area contributed by atoms with Crippen molar-refractivity contribution in [1.82, 2.24) is 0 Å². The van der Waals surface area contributed by atoms with Gasteiger partial charge in [0.2, 0.25) is 12.1 Å². The van der Waals surface area contributed by atoms with E-state index in [1.807, 2.05) is 6.07 Å². The van der Waals surface area contributed by atoms with E-state index in [1.54, 1.807) is 23.1 Å². The Morgan fingerprint density at radius 2 is 2.20 bits per heavy atom. The number of benzene rings is 1. The highest BCUT2D eigenvalue weighted by molar-refractivity contribution is 8.00. The van der Waals surface area contributed by atoms with Crippen molar-refractivity contribution in [3.05, 3.63) is 24.3 Å². The van der Waals surface area contributed by atoms with Gasteiger partial charge >= 0.3 is 0 Å². The minimum absolute atomic E-state index is 0. The highest BCUT2D eigenvalue weighted by Gasteiger charge is 2.17. The van der Waals surface area contributed by atoms with E-state index < -0.39 is 0 Å². The summed E-state index contributed by atoms with van der Waals surface area (Å²) in [7, 11) is 0. The van der Waals surface area contributed by atoms with Crippen LogP contribution in [0.2, 0.25) is 0 Å². The summed E-state index contributed by atoms with van der Waals surface area (Å²) in [6.45, 7) is 0.653. The van der Waals surface area contributed by atoms with E-state index in [4.69, 9.17) is 6.42 Å². The zero-order chi connectivity index (χ0) is 9.97. The Kier molecular flexibility index (Phi) is 4.65. The van der Waals surface area contributed by atoms with Crippen molar-refractivity contribution < 1.29 is 21.5 Å². The summed E-state index contributed by atoms with van der Waals surface area (Å²) in [6, 6.07) is 8.35. The van der Waals surface area contributed by atoms with Gasteiger partial charge in [-0.2, -0.15) is 4.57 Å². The third-order valence-electron chi connectivity index (χ3n) is 2.00. The number of fused-ring (bicyclic) bond motifs is 1. The van der Waals surface area contributed by atoms with E-state index in [1.165, 1.54) is 14.6 Å². The fourth-order valence-electron chi connectivity index (χ4n) is 1.41. The molecular formula is C11H10BrNS2. The summed E-state index contributed by atoms with van der Waals surface area (Å²) < 4.78 is 4.75. The summed E-state index contributed by atoms with van der Waals surface area (Å²) in [4.78, 5) is 0. The summed E-state index contributed by atoms with van der Waals surface area (Å²) in [5.41, 5.74) is 1.24. The smallest absolute Gasteiger partial charge is 0.298 e. The van der Waals surface area contributed by atoms with Crippen molar-refractivity contribution in [2.75, 3.05) is 6.26 Å². The molecule has 0 bridgehead atoms. The molecule has 0 unspecified atom stereocenters. The van der Waals surface area contributed by atoms with Gasteiger partial charge in [-0.3, -0.25) is 0 Å². The Morgan fingerprint density at radius 1 is 1.47 bits per heavy atom. The summed E-state index contributed by atoms with van der Waals surface area (Å²) >= 11 is 3.54. The van der Waals surface area contributed by atoms with Gasteiger partial charge in [-0.05, 0) is 30.0 Å². The molecule has 0 spiro atoms. The number of halogens is 1. The van der Waals surface area contributed by atoms with Gasteiger partial charge < -0.3 is 17.0 Å². The lowest BCUT2D eigenvalue weighted by Gasteiger charge is -1.90. The predicted octanol–water partition coefficient (Wildman–Crippen LogP) is -0.452. The van der Waals surface area contributed by atoms with Crippen molar-refractivity contribution in [3.63, 3.8) is 0 Å². The first kappa shape index (κ1) is 12.6. The van der Waals surface area contributed by atoms with Crippen LogP contribution in [0.25, 0.3) is 10.2 Å². The van der Waals surface area contributed by atoms with Crippen LogP contribution in [0, 0.1) is 12.3 Å². The largest absolute Gasteiger partial charge is 1.00 e. The maximum Gasteiger partial charge on any atom is 0.298 e. The van der Waals surface area contributed by atoms with E-state index in [-0.39, 0.29) is 17.0 Å². The normalized spacial score (nSPS) is 9.60. The van der Waals surface area contributed by atoms with Gasteiger partial charge in [0.05, 0.1) is 0 Å². The lowest BCUT2D eigenvalue weighted by Crippen LogP contribution is -3.00. The molecule has 0 N–H and O–H groups in total.